The van der Waals surface area contributed by atoms with Gasteiger partial charge in [0.05, 0.1) is 23.8 Å². The van der Waals surface area contributed by atoms with Crippen LogP contribution in [0.15, 0.2) is 49.1 Å². The van der Waals surface area contributed by atoms with Gasteiger partial charge in [-0.25, -0.2) is 5.10 Å². The topological polar surface area (TPSA) is 71.4 Å². The third-order valence-corrected chi connectivity index (χ3v) is 2.77. The van der Waals surface area contributed by atoms with E-state index in [4.69, 9.17) is 12.2 Å². The van der Waals surface area contributed by atoms with Crippen LogP contribution in [-0.2, 0) is 0 Å². The van der Waals surface area contributed by atoms with E-state index in [2.05, 4.69) is 25.5 Å². The summed E-state index contributed by atoms with van der Waals surface area (Å²) in [5, 5.41) is 10.1. The summed E-state index contributed by atoms with van der Waals surface area (Å²) in [4.78, 5) is 8.12. The second-order valence-electron chi connectivity index (χ2n) is 3.77. The Morgan fingerprint density at radius 1 is 1.11 bits per heavy atom. The molecule has 0 saturated carbocycles. The minimum absolute atomic E-state index is 0.499. The van der Waals surface area contributed by atoms with Gasteiger partial charge in [0.15, 0.2) is 0 Å². The fraction of sp³-hybridized carbons (Fsp3) is 0. The van der Waals surface area contributed by atoms with E-state index in [1.807, 2.05) is 24.3 Å². The summed E-state index contributed by atoms with van der Waals surface area (Å²) >= 11 is 5.23. The van der Waals surface area contributed by atoms with E-state index in [1.54, 1.807) is 29.4 Å². The Balaban J connectivity index is 2.03. The van der Waals surface area contributed by atoms with Crippen LogP contribution in [0.5, 0.6) is 0 Å². The molecule has 0 saturated heterocycles. The Kier molecular flexibility index (Phi) is 3.03. The number of nitrogens with one attached hydrogen (secondary N) is 2. The lowest BCUT2D eigenvalue weighted by Gasteiger charge is -2.07. The highest BCUT2D eigenvalue weighted by molar-refractivity contribution is 7.71. The molecule has 0 aliphatic rings. The smallest absolute Gasteiger partial charge is 0.232 e. The van der Waals surface area contributed by atoms with Crippen molar-refractivity contribution < 1.29 is 0 Å². The highest BCUT2D eigenvalue weighted by Gasteiger charge is 2.08. The van der Waals surface area contributed by atoms with Crippen molar-refractivity contribution in [3.05, 3.63) is 53.8 Å². The predicted octanol–water partition coefficient (Wildman–Crippen LogP) is 2.46. The average Bonchev–Trinajstić information content (AvgIpc) is 2.82. The van der Waals surface area contributed by atoms with E-state index >= 15 is 0 Å². The van der Waals surface area contributed by atoms with Crippen LogP contribution in [-0.4, -0.2) is 24.7 Å². The highest BCUT2D eigenvalue weighted by atomic mass is 32.1. The number of hydrogen-bond acceptors (Lipinski definition) is 5. The monoisotopic (exact) mass is 270 g/mol. The molecule has 3 aromatic heterocycles. The molecular formula is C12H10N6S. The van der Waals surface area contributed by atoms with Crippen molar-refractivity contribution in [1.29, 1.82) is 0 Å². The number of anilines is 2. The first-order chi connectivity index (χ1) is 9.34. The van der Waals surface area contributed by atoms with Crippen LogP contribution in [0.2, 0.25) is 0 Å². The van der Waals surface area contributed by atoms with Crippen LogP contribution >= 0.6 is 12.2 Å². The van der Waals surface area contributed by atoms with Gasteiger partial charge in [0.2, 0.25) is 10.7 Å². The average molecular weight is 270 g/mol. The second-order valence-corrected chi connectivity index (χ2v) is 4.15. The van der Waals surface area contributed by atoms with Gasteiger partial charge in [0.25, 0.3) is 0 Å². The number of H-pyrrole nitrogens is 1. The van der Waals surface area contributed by atoms with Gasteiger partial charge in [0, 0.05) is 12.4 Å². The van der Waals surface area contributed by atoms with Crippen molar-refractivity contribution in [3.8, 4) is 5.69 Å². The molecule has 0 spiro atoms. The molecule has 94 valence electrons. The molecule has 0 bridgehead atoms. The Hall–Kier alpha value is -2.54. The summed E-state index contributed by atoms with van der Waals surface area (Å²) in [6.45, 7) is 0. The molecule has 2 N–H and O–H groups in total. The molecule has 0 atom stereocenters. The molecule has 0 fully saturated rings. The summed E-state index contributed by atoms with van der Waals surface area (Å²) in [5.74, 6) is 0.589. The Morgan fingerprint density at radius 2 is 1.89 bits per heavy atom. The van der Waals surface area contributed by atoms with E-state index in [9.17, 15) is 0 Å². The molecule has 19 heavy (non-hydrogen) atoms. The fourth-order valence-electron chi connectivity index (χ4n) is 1.67. The van der Waals surface area contributed by atoms with Crippen molar-refractivity contribution in [2.24, 2.45) is 0 Å². The van der Waals surface area contributed by atoms with E-state index < -0.39 is 0 Å². The van der Waals surface area contributed by atoms with Crippen molar-refractivity contribution >= 4 is 23.9 Å². The molecule has 7 heteroatoms. The summed E-state index contributed by atoms with van der Waals surface area (Å²) < 4.78 is 2.27. The van der Waals surface area contributed by atoms with Gasteiger partial charge < -0.3 is 5.32 Å². The zero-order valence-electron chi connectivity index (χ0n) is 9.82. The molecular weight excluding hydrogens is 260 g/mol. The van der Waals surface area contributed by atoms with Gasteiger partial charge in [-0.05, 0) is 36.5 Å². The van der Waals surface area contributed by atoms with E-state index in [0.717, 1.165) is 11.4 Å². The van der Waals surface area contributed by atoms with Gasteiger partial charge in [-0.3, -0.25) is 14.5 Å². The zero-order valence-corrected chi connectivity index (χ0v) is 10.6. The second kappa shape index (κ2) is 4.99. The molecule has 0 amide bonds. The minimum atomic E-state index is 0.499. The lowest BCUT2D eigenvalue weighted by atomic mass is 10.4. The quantitative estimate of drug-likeness (QED) is 0.715. The maximum atomic E-state index is 5.23. The van der Waals surface area contributed by atoms with E-state index in [0.29, 0.717) is 10.7 Å². The number of nitrogens with zero attached hydrogens (tertiary/aromatic N) is 4. The molecule has 3 aromatic rings. The molecule has 3 heterocycles. The number of aromatic nitrogens is 5. The van der Waals surface area contributed by atoms with Crippen LogP contribution < -0.4 is 5.32 Å². The van der Waals surface area contributed by atoms with Crippen molar-refractivity contribution in [1.82, 2.24) is 24.7 Å². The molecule has 0 aliphatic carbocycles. The standard InChI is InChI=1S/C12H10N6S/c19-12-17-16-11(15-9-3-1-5-13-7-9)18(12)10-4-2-6-14-8-10/h1-8H,(H,15,16)(H,17,19). The Labute approximate surface area is 114 Å². The largest absolute Gasteiger partial charge is 0.323 e. The van der Waals surface area contributed by atoms with Crippen molar-refractivity contribution in [3.63, 3.8) is 0 Å². The molecule has 6 nitrogen and oxygen atoms in total. The highest BCUT2D eigenvalue weighted by Crippen LogP contribution is 2.17. The SMILES string of the molecule is S=c1[nH]nc(Nc2cccnc2)n1-c1cccnc1. The summed E-state index contributed by atoms with van der Waals surface area (Å²) in [5.41, 5.74) is 1.68. The van der Waals surface area contributed by atoms with Gasteiger partial charge in [-0.15, -0.1) is 5.10 Å². The number of hydrogen-bond donors (Lipinski definition) is 2. The third kappa shape index (κ3) is 2.36. The Bertz CT molecular complexity index is 719. The first kappa shape index (κ1) is 11.5. The maximum absolute atomic E-state index is 5.23. The van der Waals surface area contributed by atoms with Gasteiger partial charge in [-0.2, -0.15) is 0 Å². The molecule has 0 aliphatic heterocycles. The lowest BCUT2D eigenvalue weighted by Crippen LogP contribution is -2.02. The third-order valence-electron chi connectivity index (χ3n) is 2.49. The van der Waals surface area contributed by atoms with Crippen LogP contribution in [0.3, 0.4) is 0 Å². The molecule has 3 rings (SSSR count). The number of rotatable bonds is 3. The van der Waals surface area contributed by atoms with Crippen LogP contribution in [0, 0.1) is 4.77 Å². The van der Waals surface area contributed by atoms with Crippen LogP contribution in [0.4, 0.5) is 11.6 Å². The lowest BCUT2D eigenvalue weighted by molar-refractivity contribution is 1.02. The minimum Gasteiger partial charge on any atom is -0.323 e. The fourth-order valence-corrected chi connectivity index (χ4v) is 1.91. The van der Waals surface area contributed by atoms with Crippen LogP contribution in [0.25, 0.3) is 5.69 Å². The number of pyridine rings is 2. The molecule has 0 radical (unpaired) electrons. The normalized spacial score (nSPS) is 10.3. The summed E-state index contributed by atoms with van der Waals surface area (Å²) in [7, 11) is 0. The number of aromatic amines is 1. The predicted molar refractivity (Wildman–Crippen MR) is 74.1 cm³/mol. The molecule has 0 unspecified atom stereocenters. The molecule has 0 aromatic carbocycles. The first-order valence-corrected chi connectivity index (χ1v) is 6.00. The maximum Gasteiger partial charge on any atom is 0.232 e. The van der Waals surface area contributed by atoms with Gasteiger partial charge in [0.1, 0.15) is 0 Å². The zero-order chi connectivity index (χ0) is 13.1. The van der Waals surface area contributed by atoms with Crippen LogP contribution in [0.1, 0.15) is 0 Å². The Morgan fingerprint density at radius 3 is 2.58 bits per heavy atom. The summed E-state index contributed by atoms with van der Waals surface area (Å²) in [6, 6.07) is 7.50. The van der Waals surface area contributed by atoms with Crippen molar-refractivity contribution in [2.75, 3.05) is 5.32 Å². The van der Waals surface area contributed by atoms with E-state index in [1.165, 1.54) is 0 Å². The van der Waals surface area contributed by atoms with Gasteiger partial charge >= 0.3 is 0 Å². The summed E-state index contributed by atoms with van der Waals surface area (Å²) in [6.07, 6.45) is 6.86. The van der Waals surface area contributed by atoms with E-state index in [-0.39, 0.29) is 0 Å². The first-order valence-electron chi connectivity index (χ1n) is 5.59. The van der Waals surface area contributed by atoms with Crippen molar-refractivity contribution in [2.45, 2.75) is 0 Å². The van der Waals surface area contributed by atoms with Gasteiger partial charge in [-0.1, -0.05) is 0 Å².